The highest BCUT2D eigenvalue weighted by Crippen LogP contribution is 2.27. The van der Waals surface area contributed by atoms with E-state index < -0.39 is 5.97 Å². The Morgan fingerprint density at radius 2 is 2.16 bits per heavy atom. The molecule has 0 aliphatic carbocycles. The minimum Gasteiger partial charge on any atom is -0.496 e. The van der Waals surface area contributed by atoms with Crippen LogP contribution in [0, 0.1) is 0 Å². The van der Waals surface area contributed by atoms with Crippen molar-refractivity contribution in [2.75, 3.05) is 7.11 Å². The molecule has 98 valence electrons. The van der Waals surface area contributed by atoms with Crippen LogP contribution in [0.2, 0.25) is 0 Å². The summed E-state index contributed by atoms with van der Waals surface area (Å²) in [5.74, 6) is 0.537. The number of carboxylic acid groups (broad SMARTS) is 1. The molecule has 1 aromatic heterocycles. The normalized spacial score (nSPS) is 10.2. The van der Waals surface area contributed by atoms with Crippen molar-refractivity contribution < 1.29 is 14.6 Å². The number of aromatic carboxylic acids is 1. The van der Waals surface area contributed by atoms with Gasteiger partial charge in [-0.05, 0) is 18.2 Å². The van der Waals surface area contributed by atoms with Crippen LogP contribution in [-0.4, -0.2) is 23.2 Å². The number of hydrogen-bond acceptors (Lipinski definition) is 4. The molecule has 4 nitrogen and oxygen atoms in total. The lowest BCUT2D eigenvalue weighted by Gasteiger charge is -2.07. The summed E-state index contributed by atoms with van der Waals surface area (Å²) in [6.07, 6.45) is 1.51. The number of methoxy groups -OCH3 is 1. The van der Waals surface area contributed by atoms with Crippen LogP contribution in [0.3, 0.4) is 0 Å². The van der Waals surface area contributed by atoms with Crippen LogP contribution in [0.1, 0.15) is 16.1 Å². The molecule has 0 fully saturated rings. The van der Waals surface area contributed by atoms with E-state index in [2.05, 4.69) is 4.98 Å². The first-order valence-corrected chi connectivity index (χ1v) is 6.63. The van der Waals surface area contributed by atoms with Crippen molar-refractivity contribution >= 4 is 17.7 Å². The Labute approximate surface area is 115 Å². The number of hydrogen-bond donors (Lipinski definition) is 1. The SMILES string of the molecule is COc1ccccc1CSc1ccnc(C(=O)O)c1. The van der Waals surface area contributed by atoms with Crippen LogP contribution in [0.4, 0.5) is 0 Å². The lowest BCUT2D eigenvalue weighted by atomic mass is 10.2. The third-order valence-electron chi connectivity index (χ3n) is 2.54. The molecule has 2 rings (SSSR count). The van der Waals surface area contributed by atoms with E-state index in [1.54, 1.807) is 31.0 Å². The van der Waals surface area contributed by atoms with Gasteiger partial charge in [0, 0.05) is 22.4 Å². The van der Waals surface area contributed by atoms with E-state index in [0.29, 0.717) is 5.75 Å². The molecular formula is C14H13NO3S. The highest BCUT2D eigenvalue weighted by molar-refractivity contribution is 7.98. The maximum atomic E-state index is 10.8. The number of carbonyl (C=O) groups is 1. The molecule has 0 bridgehead atoms. The third-order valence-corrected chi connectivity index (χ3v) is 3.58. The highest BCUT2D eigenvalue weighted by Gasteiger charge is 2.07. The molecule has 0 atom stereocenters. The number of nitrogens with zero attached hydrogens (tertiary/aromatic N) is 1. The fourth-order valence-electron chi connectivity index (χ4n) is 1.60. The van der Waals surface area contributed by atoms with E-state index in [9.17, 15) is 4.79 Å². The summed E-state index contributed by atoms with van der Waals surface area (Å²) in [5.41, 5.74) is 1.13. The summed E-state index contributed by atoms with van der Waals surface area (Å²) >= 11 is 1.55. The van der Waals surface area contributed by atoms with Crippen LogP contribution < -0.4 is 4.74 Å². The molecule has 1 heterocycles. The Balaban J connectivity index is 2.10. The number of benzene rings is 1. The zero-order valence-electron chi connectivity index (χ0n) is 10.4. The number of ether oxygens (including phenoxy) is 1. The second kappa shape index (κ2) is 6.24. The van der Waals surface area contributed by atoms with Crippen LogP contribution >= 0.6 is 11.8 Å². The minimum absolute atomic E-state index is 0.0602. The molecule has 0 spiro atoms. The van der Waals surface area contributed by atoms with E-state index in [4.69, 9.17) is 9.84 Å². The number of rotatable bonds is 5. The minimum atomic E-state index is -1.01. The first kappa shape index (κ1) is 13.4. The van der Waals surface area contributed by atoms with Gasteiger partial charge in [-0.15, -0.1) is 11.8 Å². The van der Waals surface area contributed by atoms with Crippen molar-refractivity contribution in [1.29, 1.82) is 0 Å². The molecule has 0 saturated heterocycles. The first-order valence-electron chi connectivity index (χ1n) is 5.64. The summed E-state index contributed by atoms with van der Waals surface area (Å²) in [6, 6.07) is 11.1. The maximum absolute atomic E-state index is 10.8. The topological polar surface area (TPSA) is 59.4 Å². The Hall–Kier alpha value is -2.01. The summed E-state index contributed by atoms with van der Waals surface area (Å²) in [7, 11) is 1.64. The Morgan fingerprint density at radius 3 is 2.89 bits per heavy atom. The molecule has 19 heavy (non-hydrogen) atoms. The van der Waals surface area contributed by atoms with Crippen molar-refractivity contribution in [3.05, 3.63) is 53.9 Å². The van der Waals surface area contributed by atoms with Crippen LogP contribution in [0.25, 0.3) is 0 Å². The van der Waals surface area contributed by atoms with Gasteiger partial charge >= 0.3 is 5.97 Å². The molecule has 1 aromatic carbocycles. The van der Waals surface area contributed by atoms with Crippen molar-refractivity contribution in [2.24, 2.45) is 0 Å². The average Bonchev–Trinajstić information content (AvgIpc) is 2.45. The molecule has 0 radical (unpaired) electrons. The molecule has 0 aliphatic rings. The van der Waals surface area contributed by atoms with Gasteiger partial charge in [-0.2, -0.15) is 0 Å². The lowest BCUT2D eigenvalue weighted by Crippen LogP contribution is -1.99. The number of carboxylic acids is 1. The molecular weight excluding hydrogens is 262 g/mol. The Kier molecular flexibility index (Phi) is 4.41. The predicted molar refractivity (Wildman–Crippen MR) is 73.8 cm³/mol. The van der Waals surface area contributed by atoms with Crippen LogP contribution in [0.15, 0.2) is 47.5 Å². The monoisotopic (exact) mass is 275 g/mol. The van der Waals surface area contributed by atoms with Gasteiger partial charge in [0.15, 0.2) is 0 Å². The van der Waals surface area contributed by atoms with Gasteiger partial charge in [-0.25, -0.2) is 9.78 Å². The fourth-order valence-corrected chi connectivity index (χ4v) is 2.51. The van der Waals surface area contributed by atoms with E-state index in [1.165, 1.54) is 6.20 Å². The molecule has 0 unspecified atom stereocenters. The Morgan fingerprint density at radius 1 is 1.37 bits per heavy atom. The summed E-state index contributed by atoms with van der Waals surface area (Å²) < 4.78 is 5.28. The lowest BCUT2D eigenvalue weighted by molar-refractivity contribution is 0.0690. The zero-order chi connectivity index (χ0) is 13.7. The second-order valence-corrected chi connectivity index (χ2v) is 4.83. The van der Waals surface area contributed by atoms with Gasteiger partial charge in [0.1, 0.15) is 11.4 Å². The van der Waals surface area contributed by atoms with Gasteiger partial charge in [-0.1, -0.05) is 18.2 Å². The Bertz CT molecular complexity index is 586. The largest absolute Gasteiger partial charge is 0.496 e. The van der Waals surface area contributed by atoms with Crippen LogP contribution in [-0.2, 0) is 5.75 Å². The molecule has 0 aliphatic heterocycles. The quantitative estimate of drug-likeness (QED) is 0.850. The van der Waals surface area contributed by atoms with Crippen molar-refractivity contribution in [1.82, 2.24) is 4.98 Å². The van der Waals surface area contributed by atoms with E-state index in [1.807, 2.05) is 24.3 Å². The number of aromatic nitrogens is 1. The number of para-hydroxylation sites is 1. The number of pyridine rings is 1. The van der Waals surface area contributed by atoms with Crippen molar-refractivity contribution in [3.63, 3.8) is 0 Å². The van der Waals surface area contributed by atoms with Crippen LogP contribution in [0.5, 0.6) is 5.75 Å². The zero-order valence-corrected chi connectivity index (χ0v) is 11.2. The van der Waals surface area contributed by atoms with Crippen molar-refractivity contribution in [2.45, 2.75) is 10.6 Å². The summed E-state index contributed by atoms with van der Waals surface area (Å²) in [4.78, 5) is 15.5. The first-order chi connectivity index (χ1) is 9.20. The van der Waals surface area contributed by atoms with Gasteiger partial charge in [0.25, 0.3) is 0 Å². The third kappa shape index (κ3) is 3.48. The standard InChI is InChI=1S/C14H13NO3S/c1-18-13-5-3-2-4-10(13)9-19-11-6-7-15-12(8-11)14(16)17/h2-8H,9H2,1H3,(H,16,17). The fraction of sp³-hybridized carbons (Fsp3) is 0.143. The molecule has 1 N–H and O–H groups in total. The highest BCUT2D eigenvalue weighted by atomic mass is 32.2. The van der Waals surface area contributed by atoms with E-state index in [0.717, 1.165) is 16.2 Å². The summed E-state index contributed by atoms with van der Waals surface area (Å²) in [6.45, 7) is 0. The predicted octanol–water partition coefficient (Wildman–Crippen LogP) is 3.08. The molecule has 0 saturated carbocycles. The van der Waals surface area contributed by atoms with Gasteiger partial charge < -0.3 is 9.84 Å². The number of thioether (sulfide) groups is 1. The average molecular weight is 275 g/mol. The smallest absolute Gasteiger partial charge is 0.354 e. The second-order valence-electron chi connectivity index (χ2n) is 3.78. The maximum Gasteiger partial charge on any atom is 0.354 e. The van der Waals surface area contributed by atoms with Gasteiger partial charge in [0.2, 0.25) is 0 Å². The molecule has 2 aromatic rings. The van der Waals surface area contributed by atoms with E-state index >= 15 is 0 Å². The van der Waals surface area contributed by atoms with Gasteiger partial charge in [0.05, 0.1) is 7.11 Å². The molecule has 5 heteroatoms. The van der Waals surface area contributed by atoms with Gasteiger partial charge in [-0.3, -0.25) is 0 Å². The molecule has 0 amide bonds. The summed E-state index contributed by atoms with van der Waals surface area (Å²) in [5, 5.41) is 8.88. The van der Waals surface area contributed by atoms with Crippen molar-refractivity contribution in [3.8, 4) is 5.75 Å². The van der Waals surface area contributed by atoms with E-state index in [-0.39, 0.29) is 5.69 Å².